The van der Waals surface area contributed by atoms with Crippen molar-refractivity contribution < 1.29 is 75.0 Å². The molecule has 1 aliphatic carbocycles. The second-order valence-electron chi connectivity index (χ2n) is 12.3. The Hall–Kier alpha value is -4.00. The van der Waals surface area contributed by atoms with Crippen molar-refractivity contribution in [1.29, 1.82) is 0 Å². The number of nitrogens with two attached hydrogens (primary N) is 1. The zero-order valence-electron chi connectivity index (χ0n) is 29.9. The minimum absolute atomic E-state index is 0.00215. The molecule has 312 valence electrons. The van der Waals surface area contributed by atoms with Gasteiger partial charge in [0.1, 0.15) is 31.0 Å². The molecular formula is C30H40N7O17P3. The number of nitrogens with zero attached hydrogens (tertiary/aromatic N) is 5. The van der Waals surface area contributed by atoms with Crippen LogP contribution in [-0.2, 0) is 45.8 Å². The van der Waals surface area contributed by atoms with E-state index in [1.165, 1.54) is 6.20 Å². The summed E-state index contributed by atoms with van der Waals surface area (Å²) in [5, 5.41) is 6.50. The van der Waals surface area contributed by atoms with Crippen LogP contribution in [-0.4, -0.2) is 92.2 Å². The topological polar surface area (TPSA) is 353 Å². The molecule has 2 aromatic rings. The van der Waals surface area contributed by atoms with E-state index < -0.39 is 54.3 Å². The summed E-state index contributed by atoms with van der Waals surface area (Å²) in [5.41, 5.74) is 14.5. The van der Waals surface area contributed by atoms with Crippen molar-refractivity contribution in [3.8, 4) is 17.6 Å². The number of ketones is 1. The van der Waals surface area contributed by atoms with Crippen LogP contribution >= 0.6 is 23.5 Å². The van der Waals surface area contributed by atoms with E-state index in [9.17, 15) is 37.9 Å². The van der Waals surface area contributed by atoms with Gasteiger partial charge in [-0.3, -0.25) is 18.7 Å². The van der Waals surface area contributed by atoms with E-state index in [4.69, 9.17) is 40.0 Å². The van der Waals surface area contributed by atoms with Crippen LogP contribution in [0.15, 0.2) is 40.4 Å². The molecule has 0 radical (unpaired) electrons. The largest absolute Gasteiger partial charge is 0.491 e. The number of azide groups is 1. The molecule has 2 heterocycles. The first kappa shape index (κ1) is 45.7. The summed E-state index contributed by atoms with van der Waals surface area (Å²) >= 11 is 0. The number of phosphoric acid groups is 3. The van der Waals surface area contributed by atoms with Crippen LogP contribution in [0.4, 0.5) is 5.82 Å². The predicted octanol–water partition coefficient (Wildman–Crippen LogP) is 2.58. The van der Waals surface area contributed by atoms with E-state index in [1.807, 2.05) is 0 Å². The smallest absolute Gasteiger partial charge is 0.490 e. The van der Waals surface area contributed by atoms with Gasteiger partial charge in [-0.25, -0.2) is 18.5 Å². The van der Waals surface area contributed by atoms with Crippen molar-refractivity contribution in [1.82, 2.24) is 14.9 Å². The minimum Gasteiger partial charge on any atom is -0.491 e. The van der Waals surface area contributed by atoms with Crippen LogP contribution in [0.25, 0.3) is 10.4 Å². The van der Waals surface area contributed by atoms with E-state index in [2.05, 4.69) is 45.3 Å². The Labute approximate surface area is 324 Å². The zero-order chi connectivity index (χ0) is 41.6. The summed E-state index contributed by atoms with van der Waals surface area (Å²) in [4.78, 5) is 79.9. The first-order chi connectivity index (χ1) is 26.9. The Morgan fingerprint density at radius 2 is 1.89 bits per heavy atom. The van der Waals surface area contributed by atoms with E-state index in [0.29, 0.717) is 11.3 Å². The molecule has 1 saturated carbocycles. The van der Waals surface area contributed by atoms with Crippen LogP contribution in [0, 0.1) is 11.8 Å². The van der Waals surface area contributed by atoms with E-state index in [1.54, 1.807) is 24.3 Å². The Bertz CT molecular complexity index is 2060. The SMILES string of the molecule is [N-]=[N+]=NC(COc1cccc(C(=O)NC2CCC2)c1)OCCOCC(=O)CCC#Cc1cn([C@H]2CC[C@@H](COP(=O)(O)OP(=O)(O)OP(=O)(O)O)O2)c(=O)nc1N. The van der Waals surface area contributed by atoms with Gasteiger partial charge >= 0.3 is 29.2 Å². The molecule has 1 amide bonds. The fourth-order valence-corrected chi connectivity index (χ4v) is 8.08. The number of rotatable bonds is 22. The van der Waals surface area contributed by atoms with E-state index in [-0.39, 0.29) is 81.2 Å². The molecule has 5 atom stereocenters. The maximum Gasteiger partial charge on any atom is 0.490 e. The normalized spacial score (nSPS) is 19.4. The van der Waals surface area contributed by atoms with Crippen LogP contribution in [0.2, 0.25) is 0 Å². The maximum absolute atomic E-state index is 12.5. The molecular weight excluding hydrogens is 823 g/mol. The third-order valence-corrected chi connectivity index (χ3v) is 11.7. The van der Waals surface area contributed by atoms with Gasteiger partial charge in [0, 0.05) is 35.6 Å². The molecule has 2 aliphatic rings. The lowest BCUT2D eigenvalue weighted by Gasteiger charge is -2.26. The number of hydrogen-bond acceptors (Lipinski definition) is 16. The third kappa shape index (κ3) is 16.0. The van der Waals surface area contributed by atoms with Gasteiger partial charge in [0.2, 0.25) is 0 Å². The second-order valence-corrected chi connectivity index (χ2v) is 16.7. The molecule has 4 rings (SSSR count). The molecule has 57 heavy (non-hydrogen) atoms. The number of Topliss-reactive ketones (excluding diaryl/α,β-unsaturated/α-hetero) is 1. The fourth-order valence-electron chi connectivity index (χ4n) is 5.03. The van der Waals surface area contributed by atoms with Gasteiger partial charge in [0.25, 0.3) is 5.91 Å². The first-order valence-corrected chi connectivity index (χ1v) is 21.5. The highest BCUT2D eigenvalue weighted by Crippen LogP contribution is 2.66. The van der Waals surface area contributed by atoms with Gasteiger partial charge in [-0.1, -0.05) is 23.0 Å². The third-order valence-electron chi connectivity index (χ3n) is 7.88. The zero-order valence-corrected chi connectivity index (χ0v) is 32.6. The number of anilines is 1. The summed E-state index contributed by atoms with van der Waals surface area (Å²) in [5.74, 6) is 5.22. The van der Waals surface area contributed by atoms with Crippen molar-refractivity contribution in [3.05, 3.63) is 62.5 Å². The van der Waals surface area contributed by atoms with Crippen LogP contribution in [0.3, 0.4) is 0 Å². The molecule has 1 aromatic carbocycles. The van der Waals surface area contributed by atoms with Crippen molar-refractivity contribution in [3.63, 3.8) is 0 Å². The number of benzene rings is 1. The fraction of sp³-hybridized carbons (Fsp3) is 0.533. The van der Waals surface area contributed by atoms with Gasteiger partial charge in [-0.2, -0.15) is 13.6 Å². The van der Waals surface area contributed by atoms with E-state index in [0.717, 1.165) is 23.8 Å². The second kappa shape index (κ2) is 21.1. The Morgan fingerprint density at radius 3 is 2.60 bits per heavy atom. The van der Waals surface area contributed by atoms with Gasteiger partial charge in [-0.05, 0) is 55.8 Å². The number of phosphoric ester groups is 1. The maximum atomic E-state index is 12.5. The lowest BCUT2D eigenvalue weighted by Crippen LogP contribution is -2.39. The highest BCUT2D eigenvalue weighted by molar-refractivity contribution is 7.66. The summed E-state index contributed by atoms with van der Waals surface area (Å²) in [6, 6.07) is 6.75. The Morgan fingerprint density at radius 1 is 1.12 bits per heavy atom. The lowest BCUT2D eigenvalue weighted by molar-refractivity contribution is -0.124. The summed E-state index contributed by atoms with van der Waals surface area (Å²) in [6.45, 7) is -1.11. The van der Waals surface area contributed by atoms with Crippen molar-refractivity contribution in [2.75, 3.05) is 38.8 Å². The molecule has 24 nitrogen and oxygen atoms in total. The average Bonchev–Trinajstić information content (AvgIpc) is 3.57. The van der Waals surface area contributed by atoms with Gasteiger partial charge in [0.05, 0.1) is 31.5 Å². The molecule has 0 spiro atoms. The Balaban J connectivity index is 1.16. The predicted molar refractivity (Wildman–Crippen MR) is 194 cm³/mol. The van der Waals surface area contributed by atoms with Gasteiger partial charge in [-0.15, -0.1) is 0 Å². The Kier molecular flexibility index (Phi) is 16.9. The summed E-state index contributed by atoms with van der Waals surface area (Å²) in [6.07, 6.45) is 1.82. The lowest BCUT2D eigenvalue weighted by atomic mass is 9.93. The molecule has 1 saturated heterocycles. The molecule has 7 N–H and O–H groups in total. The minimum atomic E-state index is -5.69. The average molecular weight is 864 g/mol. The van der Waals surface area contributed by atoms with Crippen molar-refractivity contribution >= 4 is 41.0 Å². The number of carbonyl (C=O) groups excluding carboxylic acids is 2. The molecule has 27 heteroatoms. The molecule has 2 fully saturated rings. The van der Waals surface area contributed by atoms with Crippen molar-refractivity contribution in [2.24, 2.45) is 5.11 Å². The number of nitrogen functional groups attached to an aromatic ring is 1. The first-order valence-electron chi connectivity index (χ1n) is 17.0. The van der Waals surface area contributed by atoms with E-state index >= 15 is 0 Å². The monoisotopic (exact) mass is 863 g/mol. The number of amides is 1. The molecule has 3 unspecified atom stereocenters. The van der Waals surface area contributed by atoms with Gasteiger partial charge < -0.3 is 49.6 Å². The molecule has 0 bridgehead atoms. The standard InChI is InChI=1S/C30H40N7O17P3/c31-28-21(16-37(30(40)34-28)27-12-11-25(52-27)18-51-56(44,45)54-57(46,47)53-55(41,42)43)5-1-2-9-23(38)17-48-13-14-49-26(35-36-32)19-50-24-10-3-6-20(15-24)29(39)33-22-7-4-8-22/h3,6,10,15-16,22,25-27H,2,4,7-9,11-14,17-19H2,(H,33,39)(H,44,45)(H,46,47)(H2,31,34,40)(H2,41,42,43)/t25-,26?,27+/m0/s1. The number of ether oxygens (including phenoxy) is 4. The van der Waals surface area contributed by atoms with Gasteiger partial charge in [0.15, 0.2) is 12.0 Å². The summed E-state index contributed by atoms with van der Waals surface area (Å²) < 4.78 is 69.4. The highest BCUT2D eigenvalue weighted by Gasteiger charge is 2.41. The van der Waals surface area contributed by atoms with Crippen LogP contribution < -0.4 is 21.5 Å². The van der Waals surface area contributed by atoms with Crippen molar-refractivity contribution in [2.45, 2.75) is 69.5 Å². The number of aromatic nitrogens is 2. The highest BCUT2D eigenvalue weighted by atomic mass is 31.3. The summed E-state index contributed by atoms with van der Waals surface area (Å²) in [7, 11) is -16.6. The quantitative estimate of drug-likeness (QED) is 0.0247. The number of hydrogen-bond donors (Lipinski definition) is 6. The number of carbonyl (C=O) groups is 2. The number of nitrogens with one attached hydrogen (secondary N) is 1. The molecule has 1 aliphatic heterocycles. The van der Waals surface area contributed by atoms with Crippen LogP contribution in [0.5, 0.6) is 5.75 Å². The van der Waals surface area contributed by atoms with Crippen LogP contribution in [0.1, 0.15) is 67.1 Å². The molecule has 1 aromatic heterocycles.